The smallest absolute Gasteiger partial charge is 0.0721 e. The maximum Gasteiger partial charge on any atom is 0.0721 e. The van der Waals surface area contributed by atoms with Crippen molar-refractivity contribution in [3.05, 3.63) is 69.7 Å². The molecule has 0 atom stereocenters. The Kier molecular flexibility index (Phi) is 5.07. The molecule has 110 valence electrons. The van der Waals surface area contributed by atoms with Gasteiger partial charge in [0.25, 0.3) is 0 Å². The summed E-state index contributed by atoms with van der Waals surface area (Å²) in [6.45, 7) is 2.27. The van der Waals surface area contributed by atoms with Crippen LogP contribution < -0.4 is 5.32 Å². The van der Waals surface area contributed by atoms with Gasteiger partial charge in [-0.2, -0.15) is 0 Å². The minimum Gasteiger partial charge on any atom is -0.372 e. The van der Waals surface area contributed by atoms with Gasteiger partial charge in [-0.05, 0) is 41.7 Å². The normalized spacial score (nSPS) is 14.3. The third kappa shape index (κ3) is 4.95. The standard InChI is InChI=1S/C18H20BrNO/c19-17-3-1-2-16(10-17)13-21-12-15-6-4-14(5-7-15)11-20-18-8-9-18/h1-7,10,18,20H,8-9,11-13H2. The van der Waals surface area contributed by atoms with Crippen molar-refractivity contribution >= 4 is 15.9 Å². The summed E-state index contributed by atoms with van der Waals surface area (Å²) >= 11 is 3.47. The van der Waals surface area contributed by atoms with Gasteiger partial charge in [0, 0.05) is 17.1 Å². The number of benzene rings is 2. The van der Waals surface area contributed by atoms with E-state index in [0.717, 1.165) is 17.1 Å². The molecule has 0 bridgehead atoms. The maximum atomic E-state index is 5.77. The first-order valence-corrected chi connectivity index (χ1v) is 8.22. The number of hydrogen-bond donors (Lipinski definition) is 1. The number of ether oxygens (including phenoxy) is 1. The SMILES string of the molecule is Brc1cccc(COCc2ccc(CNC3CC3)cc2)c1. The summed E-state index contributed by atoms with van der Waals surface area (Å²) < 4.78 is 6.87. The Hall–Kier alpha value is -1.16. The van der Waals surface area contributed by atoms with Crippen molar-refractivity contribution < 1.29 is 4.74 Å². The average molecular weight is 346 g/mol. The van der Waals surface area contributed by atoms with E-state index < -0.39 is 0 Å². The van der Waals surface area contributed by atoms with Crippen LogP contribution in [0.3, 0.4) is 0 Å². The minimum absolute atomic E-state index is 0.643. The van der Waals surface area contributed by atoms with E-state index in [1.807, 2.05) is 12.1 Å². The average Bonchev–Trinajstić information content (AvgIpc) is 3.31. The molecule has 1 aliphatic rings. The van der Waals surface area contributed by atoms with E-state index in [0.29, 0.717) is 13.2 Å². The topological polar surface area (TPSA) is 21.3 Å². The molecular weight excluding hydrogens is 326 g/mol. The summed E-state index contributed by atoms with van der Waals surface area (Å²) in [6, 6.07) is 17.7. The molecule has 21 heavy (non-hydrogen) atoms. The molecule has 0 aliphatic heterocycles. The Balaban J connectivity index is 1.44. The van der Waals surface area contributed by atoms with Crippen molar-refractivity contribution in [2.45, 2.75) is 38.6 Å². The predicted octanol–water partition coefficient (Wildman–Crippen LogP) is 4.42. The first kappa shape index (κ1) is 14.8. The van der Waals surface area contributed by atoms with Crippen LogP contribution in [0.15, 0.2) is 53.0 Å². The van der Waals surface area contributed by atoms with Gasteiger partial charge in [-0.3, -0.25) is 0 Å². The molecule has 1 fully saturated rings. The second-order valence-corrected chi connectivity index (χ2v) is 6.51. The van der Waals surface area contributed by atoms with Gasteiger partial charge in [0.2, 0.25) is 0 Å². The summed E-state index contributed by atoms with van der Waals surface area (Å²) in [5.41, 5.74) is 3.76. The third-order valence-electron chi connectivity index (χ3n) is 3.62. The van der Waals surface area contributed by atoms with E-state index in [9.17, 15) is 0 Å². The fourth-order valence-corrected chi connectivity index (χ4v) is 2.66. The molecule has 0 spiro atoms. The molecule has 0 unspecified atom stereocenters. The number of rotatable bonds is 7. The van der Waals surface area contributed by atoms with Gasteiger partial charge < -0.3 is 10.1 Å². The highest BCUT2D eigenvalue weighted by Gasteiger charge is 2.19. The zero-order valence-corrected chi connectivity index (χ0v) is 13.6. The largest absolute Gasteiger partial charge is 0.372 e. The number of nitrogens with one attached hydrogen (secondary N) is 1. The first-order valence-electron chi connectivity index (χ1n) is 7.43. The van der Waals surface area contributed by atoms with Crippen LogP contribution in [0.1, 0.15) is 29.5 Å². The van der Waals surface area contributed by atoms with Crippen LogP contribution >= 0.6 is 15.9 Å². The maximum absolute atomic E-state index is 5.77. The highest BCUT2D eigenvalue weighted by molar-refractivity contribution is 9.10. The Bertz CT molecular complexity index is 578. The van der Waals surface area contributed by atoms with Crippen molar-refractivity contribution in [3.8, 4) is 0 Å². The summed E-state index contributed by atoms with van der Waals surface area (Å²) in [5, 5.41) is 3.53. The van der Waals surface area contributed by atoms with E-state index in [1.54, 1.807) is 0 Å². The molecule has 1 aliphatic carbocycles. The van der Waals surface area contributed by atoms with Crippen LogP contribution in [-0.2, 0) is 24.5 Å². The molecule has 0 heterocycles. The van der Waals surface area contributed by atoms with Crippen LogP contribution in [-0.4, -0.2) is 6.04 Å². The Morgan fingerprint density at radius 3 is 2.38 bits per heavy atom. The summed E-state index contributed by atoms with van der Waals surface area (Å²) in [5.74, 6) is 0. The zero-order chi connectivity index (χ0) is 14.5. The molecule has 0 saturated heterocycles. The highest BCUT2D eigenvalue weighted by Crippen LogP contribution is 2.19. The van der Waals surface area contributed by atoms with Gasteiger partial charge >= 0.3 is 0 Å². The van der Waals surface area contributed by atoms with E-state index in [-0.39, 0.29) is 0 Å². The van der Waals surface area contributed by atoms with Gasteiger partial charge in [0.05, 0.1) is 13.2 Å². The first-order chi connectivity index (χ1) is 10.3. The Morgan fingerprint density at radius 1 is 0.952 bits per heavy atom. The van der Waals surface area contributed by atoms with Crippen molar-refractivity contribution in [1.82, 2.24) is 5.32 Å². The van der Waals surface area contributed by atoms with Gasteiger partial charge in [-0.25, -0.2) is 0 Å². The number of halogens is 1. The Morgan fingerprint density at radius 2 is 1.67 bits per heavy atom. The molecule has 2 nitrogen and oxygen atoms in total. The van der Waals surface area contributed by atoms with E-state index >= 15 is 0 Å². The summed E-state index contributed by atoms with van der Waals surface area (Å²) in [7, 11) is 0. The van der Waals surface area contributed by atoms with Gasteiger partial charge in [-0.15, -0.1) is 0 Å². The van der Waals surface area contributed by atoms with E-state index in [2.05, 4.69) is 57.6 Å². The monoisotopic (exact) mass is 345 g/mol. The van der Waals surface area contributed by atoms with Crippen molar-refractivity contribution in [2.75, 3.05) is 0 Å². The van der Waals surface area contributed by atoms with Crippen LogP contribution in [0.25, 0.3) is 0 Å². The van der Waals surface area contributed by atoms with E-state index in [1.165, 1.54) is 29.5 Å². The van der Waals surface area contributed by atoms with Gasteiger partial charge in [-0.1, -0.05) is 52.3 Å². The second kappa shape index (κ2) is 7.21. The Labute approximate surface area is 134 Å². The van der Waals surface area contributed by atoms with Crippen LogP contribution in [0.2, 0.25) is 0 Å². The van der Waals surface area contributed by atoms with Crippen molar-refractivity contribution in [2.24, 2.45) is 0 Å². The van der Waals surface area contributed by atoms with Crippen LogP contribution in [0.4, 0.5) is 0 Å². The fourth-order valence-electron chi connectivity index (χ4n) is 2.22. The molecular formula is C18H20BrNO. The van der Waals surface area contributed by atoms with Crippen molar-refractivity contribution in [3.63, 3.8) is 0 Å². The molecule has 0 amide bonds. The lowest BCUT2D eigenvalue weighted by Gasteiger charge is -2.07. The molecule has 1 saturated carbocycles. The van der Waals surface area contributed by atoms with Crippen LogP contribution in [0, 0.1) is 0 Å². The molecule has 3 heteroatoms. The lowest BCUT2D eigenvalue weighted by Crippen LogP contribution is -2.15. The second-order valence-electron chi connectivity index (χ2n) is 5.59. The lowest BCUT2D eigenvalue weighted by molar-refractivity contribution is 0.107. The zero-order valence-electron chi connectivity index (χ0n) is 12.0. The molecule has 1 N–H and O–H groups in total. The summed E-state index contributed by atoms with van der Waals surface area (Å²) in [6.07, 6.45) is 2.67. The van der Waals surface area contributed by atoms with Gasteiger partial charge in [0.15, 0.2) is 0 Å². The molecule has 2 aromatic carbocycles. The molecule has 0 radical (unpaired) electrons. The minimum atomic E-state index is 0.643. The number of hydrogen-bond acceptors (Lipinski definition) is 2. The van der Waals surface area contributed by atoms with E-state index in [4.69, 9.17) is 4.74 Å². The highest BCUT2D eigenvalue weighted by atomic mass is 79.9. The molecule has 3 rings (SSSR count). The molecule has 0 aromatic heterocycles. The third-order valence-corrected chi connectivity index (χ3v) is 4.11. The fraction of sp³-hybridized carbons (Fsp3) is 0.333. The summed E-state index contributed by atoms with van der Waals surface area (Å²) in [4.78, 5) is 0. The van der Waals surface area contributed by atoms with Crippen LogP contribution in [0.5, 0.6) is 0 Å². The predicted molar refractivity (Wildman–Crippen MR) is 88.9 cm³/mol. The quantitative estimate of drug-likeness (QED) is 0.801. The van der Waals surface area contributed by atoms with Gasteiger partial charge in [0.1, 0.15) is 0 Å². The lowest BCUT2D eigenvalue weighted by atomic mass is 10.1. The van der Waals surface area contributed by atoms with Crippen molar-refractivity contribution in [1.29, 1.82) is 0 Å². The molecule has 2 aromatic rings.